The van der Waals surface area contributed by atoms with Crippen molar-refractivity contribution in [2.45, 2.75) is 91.7 Å². The third kappa shape index (κ3) is 9.11. The van der Waals surface area contributed by atoms with Gasteiger partial charge in [-0.1, -0.05) is 26.0 Å². The minimum absolute atomic E-state index is 0.00301. The number of phenolic OH excluding ortho intramolecular Hbond substituents is 1. The van der Waals surface area contributed by atoms with E-state index in [-0.39, 0.29) is 44.1 Å². The summed E-state index contributed by atoms with van der Waals surface area (Å²) in [5, 5.41) is 19.3. The Balaban J connectivity index is 1.34. The number of ether oxygens (including phenoxy) is 2. The van der Waals surface area contributed by atoms with Crippen molar-refractivity contribution in [3.8, 4) is 28.1 Å². The Morgan fingerprint density at radius 3 is 2.61 bits per heavy atom. The van der Waals surface area contributed by atoms with E-state index < -0.39 is 53.3 Å². The van der Waals surface area contributed by atoms with Crippen LogP contribution in [-0.2, 0) is 54.6 Å². The zero-order valence-electron chi connectivity index (χ0n) is 36.6. The Kier molecular flexibility index (Phi) is 13.2. The number of allylic oxidation sites excluding steroid dienone is 1. The van der Waals surface area contributed by atoms with Crippen LogP contribution in [0.3, 0.4) is 0 Å². The topological polar surface area (TPSA) is 167 Å². The van der Waals surface area contributed by atoms with E-state index in [2.05, 4.69) is 58.5 Å². The summed E-state index contributed by atoms with van der Waals surface area (Å²) in [5.41, 5.74) is 10.1. The lowest BCUT2D eigenvalue weighted by Crippen LogP contribution is -2.60. The van der Waals surface area contributed by atoms with Crippen molar-refractivity contribution in [1.29, 1.82) is 0 Å². The fourth-order valence-electron chi connectivity index (χ4n) is 9.12. The number of rotatable bonds is 8. The largest absolute Gasteiger partial charge is 0.508 e. The molecule has 330 valence electrons. The zero-order chi connectivity index (χ0) is 44.5. The monoisotopic (exact) mass is 851 g/mol. The van der Waals surface area contributed by atoms with E-state index in [1.807, 2.05) is 24.4 Å². The van der Waals surface area contributed by atoms with Crippen LogP contribution in [0.4, 0.5) is 4.39 Å². The van der Waals surface area contributed by atoms with E-state index >= 15 is 0 Å². The van der Waals surface area contributed by atoms with Gasteiger partial charge >= 0.3 is 5.97 Å². The van der Waals surface area contributed by atoms with Gasteiger partial charge in [-0.2, -0.15) is 0 Å². The number of alkyl halides is 1. The molecule has 62 heavy (non-hydrogen) atoms. The van der Waals surface area contributed by atoms with Crippen molar-refractivity contribution >= 4 is 34.6 Å². The van der Waals surface area contributed by atoms with Crippen molar-refractivity contribution in [2.24, 2.45) is 11.3 Å². The second-order valence-electron chi connectivity index (χ2n) is 17.7. The van der Waals surface area contributed by atoms with Gasteiger partial charge in [0.2, 0.25) is 5.91 Å². The van der Waals surface area contributed by atoms with Gasteiger partial charge in [0.1, 0.15) is 29.7 Å². The number of esters is 1. The number of aryl methyl sites for hydroxylation is 1. The van der Waals surface area contributed by atoms with Crippen LogP contribution in [0.2, 0.25) is 0 Å². The summed E-state index contributed by atoms with van der Waals surface area (Å²) < 4.78 is 28.6. The van der Waals surface area contributed by atoms with Gasteiger partial charge < -0.3 is 34.7 Å². The summed E-state index contributed by atoms with van der Waals surface area (Å²) >= 11 is 0. The molecule has 0 aliphatic carbocycles. The zero-order valence-corrected chi connectivity index (χ0v) is 36.6. The number of hydrazine groups is 1. The van der Waals surface area contributed by atoms with Crippen LogP contribution in [0.25, 0.3) is 33.3 Å². The van der Waals surface area contributed by atoms with E-state index in [9.17, 15) is 28.7 Å². The van der Waals surface area contributed by atoms with E-state index in [4.69, 9.17) is 9.47 Å². The number of aromatic nitrogens is 2. The number of hydrogen-bond donors (Lipinski definition) is 4. The number of halogens is 1. The van der Waals surface area contributed by atoms with Gasteiger partial charge in [0, 0.05) is 81.0 Å². The first kappa shape index (κ1) is 44.4. The normalized spacial score (nSPS) is 21.6. The van der Waals surface area contributed by atoms with Crippen molar-refractivity contribution in [2.75, 3.05) is 40.4 Å². The Morgan fingerprint density at radius 2 is 1.90 bits per heavy atom. The Hall–Kier alpha value is -5.64. The molecule has 4 aromatic rings. The SMILES string of the molecule is CCn1c(-c2cnccc2COC)c2c3cc(ccc31)-c1cc(O)cc(c1)C[C@H](NC(=O)C(=C(C)C)N(C)C(=O)[C@@H]1CNC[C@@H]1F)C(=O)N1CCC[C@H](N1)C(=O)OCC(C)(C)C2. The fourth-order valence-corrected chi connectivity index (χ4v) is 9.12. The van der Waals surface area contributed by atoms with Crippen LogP contribution in [0.1, 0.15) is 64.2 Å². The quantitative estimate of drug-likeness (QED) is 0.137. The molecular weight excluding hydrogens is 794 g/mol. The van der Waals surface area contributed by atoms with Crippen LogP contribution in [0, 0.1) is 11.3 Å². The number of likely N-dealkylation sites (N-methyl/N-ethyl adjacent to an activating group) is 1. The molecule has 3 amide bonds. The van der Waals surface area contributed by atoms with Crippen LogP contribution in [0.15, 0.2) is 66.1 Å². The minimum Gasteiger partial charge on any atom is -0.508 e. The van der Waals surface area contributed by atoms with Crippen molar-refractivity contribution < 1.29 is 38.1 Å². The number of nitrogens with zero attached hydrogens (tertiary/aromatic N) is 4. The average Bonchev–Trinajstić information content (AvgIpc) is 3.81. The predicted octanol–water partition coefficient (Wildman–Crippen LogP) is 5.20. The number of aromatic hydroxyl groups is 1. The van der Waals surface area contributed by atoms with E-state index in [1.165, 1.54) is 12.1 Å². The van der Waals surface area contributed by atoms with E-state index in [0.29, 0.717) is 49.1 Å². The third-order valence-corrected chi connectivity index (χ3v) is 12.1. The summed E-state index contributed by atoms with van der Waals surface area (Å²) in [5.74, 6) is -3.26. The number of cyclic esters (lactones) is 1. The number of benzene rings is 2. The summed E-state index contributed by atoms with van der Waals surface area (Å²) in [6, 6.07) is 11.2. The standard InChI is InChI=1S/C47H58FN7O7/c1-8-54-40-12-11-29-20-33(40)34(42(54)35-22-49-14-13-30(35)25-61-7)21-47(4,5)26-62-46(60)38-10-9-15-55(52-38)45(59)39(18-28-16-31(29)19-32(56)17-28)51-43(57)41(27(2)3)53(6)44(58)36-23-50-24-37(36)48/h11-14,16-17,19-20,22,36-39,50,52,56H,8-10,15,18,21,23-26H2,1-7H3,(H,51,57)/t36-,37+,38+,39+/m1/s1. The van der Waals surface area contributed by atoms with Crippen molar-refractivity contribution in [3.05, 3.63) is 82.8 Å². The molecule has 2 saturated heterocycles. The molecule has 0 spiro atoms. The molecule has 6 bridgehead atoms. The highest BCUT2D eigenvalue weighted by molar-refractivity contribution is 6.01. The number of phenols is 1. The second-order valence-corrected chi connectivity index (χ2v) is 17.7. The molecule has 2 aromatic heterocycles. The molecule has 14 nitrogen and oxygen atoms in total. The summed E-state index contributed by atoms with van der Waals surface area (Å²) in [6.07, 6.45) is 3.63. The average molecular weight is 852 g/mol. The third-order valence-electron chi connectivity index (χ3n) is 12.1. The summed E-state index contributed by atoms with van der Waals surface area (Å²) in [6.45, 7) is 11.2. The van der Waals surface area contributed by atoms with Gasteiger partial charge in [-0.25, -0.2) is 9.82 Å². The number of amides is 3. The molecule has 3 aliphatic heterocycles. The molecule has 4 atom stereocenters. The number of pyridine rings is 1. The van der Waals surface area contributed by atoms with Crippen molar-refractivity contribution in [1.82, 2.24) is 35.5 Å². The lowest BCUT2D eigenvalue weighted by atomic mass is 9.84. The molecule has 5 heterocycles. The molecule has 7 rings (SSSR count). The maximum Gasteiger partial charge on any atom is 0.324 e. The highest BCUT2D eigenvalue weighted by Gasteiger charge is 2.39. The molecule has 0 radical (unpaired) electrons. The lowest BCUT2D eigenvalue weighted by molar-refractivity contribution is -0.155. The molecule has 2 fully saturated rings. The molecule has 0 saturated carbocycles. The van der Waals surface area contributed by atoms with Crippen LogP contribution < -0.4 is 16.1 Å². The number of hydrogen-bond acceptors (Lipinski definition) is 10. The fraction of sp³-hybridized carbons (Fsp3) is 0.468. The highest BCUT2D eigenvalue weighted by atomic mass is 19.1. The maximum atomic E-state index is 14.7. The first-order valence-corrected chi connectivity index (χ1v) is 21.4. The lowest BCUT2D eigenvalue weighted by Gasteiger charge is -2.36. The van der Waals surface area contributed by atoms with Gasteiger partial charge in [0.05, 0.1) is 24.8 Å². The molecule has 0 unspecified atom stereocenters. The number of carbonyl (C=O) groups is 4. The van der Waals surface area contributed by atoms with E-state index in [0.717, 1.165) is 43.8 Å². The van der Waals surface area contributed by atoms with Crippen LogP contribution in [0.5, 0.6) is 5.75 Å². The van der Waals surface area contributed by atoms with Gasteiger partial charge in [-0.15, -0.1) is 0 Å². The molecule has 2 aromatic carbocycles. The molecular formula is C47H58FN7O7. The van der Waals surface area contributed by atoms with Gasteiger partial charge in [-0.05, 0) is 104 Å². The maximum absolute atomic E-state index is 14.7. The van der Waals surface area contributed by atoms with Crippen molar-refractivity contribution in [3.63, 3.8) is 0 Å². The smallest absolute Gasteiger partial charge is 0.324 e. The Morgan fingerprint density at radius 1 is 1.11 bits per heavy atom. The first-order chi connectivity index (χ1) is 29.6. The van der Waals surface area contributed by atoms with E-state index in [1.54, 1.807) is 39.3 Å². The number of nitrogens with one attached hydrogen (secondary N) is 3. The van der Waals surface area contributed by atoms with Crippen LogP contribution >= 0.6 is 0 Å². The Labute approximate surface area is 361 Å². The second kappa shape index (κ2) is 18.4. The molecule has 4 N–H and O–H groups in total. The summed E-state index contributed by atoms with van der Waals surface area (Å²) in [7, 11) is 3.10. The minimum atomic E-state index is -1.40. The number of carbonyl (C=O) groups excluding carboxylic acids is 4. The predicted molar refractivity (Wildman–Crippen MR) is 233 cm³/mol. The Bertz CT molecular complexity index is 2410. The van der Waals surface area contributed by atoms with Gasteiger partial charge in [0.25, 0.3) is 11.8 Å². The first-order valence-electron chi connectivity index (χ1n) is 21.4. The highest BCUT2D eigenvalue weighted by Crippen LogP contribution is 2.41. The van der Waals surface area contributed by atoms with Crippen LogP contribution in [-0.4, -0.2) is 107 Å². The molecule has 3 aliphatic rings. The molecule has 15 heteroatoms. The summed E-state index contributed by atoms with van der Waals surface area (Å²) in [4.78, 5) is 61.8. The van der Waals surface area contributed by atoms with Gasteiger partial charge in [-0.3, -0.25) is 29.2 Å². The van der Waals surface area contributed by atoms with Gasteiger partial charge in [0.15, 0.2) is 0 Å². The number of fused-ring (bicyclic) bond motifs is 6. The number of methoxy groups -OCH3 is 1.